The number of benzene rings is 5. The molecule has 5 aromatic carbocycles. The van der Waals surface area contributed by atoms with Gasteiger partial charge in [-0.2, -0.15) is 0 Å². The van der Waals surface area contributed by atoms with Gasteiger partial charge < -0.3 is 4.40 Å². The SMILES string of the molecule is c1ccc2cc3c(cc2c1)c1cc(C2CCCCC2)cc2c4cc5ccccc5cc4n3c12. The van der Waals surface area contributed by atoms with Gasteiger partial charge >= 0.3 is 0 Å². The molecule has 1 fully saturated rings. The van der Waals surface area contributed by atoms with Gasteiger partial charge in [-0.1, -0.05) is 67.8 Å². The molecular formula is C32H25N. The molecule has 0 unspecified atom stereocenters. The first-order chi connectivity index (χ1) is 16.3. The number of fused-ring (bicyclic) bond motifs is 8. The van der Waals surface area contributed by atoms with E-state index in [1.54, 1.807) is 5.56 Å². The van der Waals surface area contributed by atoms with Gasteiger partial charge in [-0.3, -0.25) is 0 Å². The summed E-state index contributed by atoms with van der Waals surface area (Å²) in [6, 6.07) is 32.3. The van der Waals surface area contributed by atoms with Crippen LogP contribution in [-0.2, 0) is 0 Å². The van der Waals surface area contributed by atoms with Gasteiger partial charge in [0.15, 0.2) is 0 Å². The molecule has 0 saturated heterocycles. The molecule has 1 saturated carbocycles. The normalized spacial score (nSPS) is 15.8. The predicted molar refractivity (Wildman–Crippen MR) is 142 cm³/mol. The Morgan fingerprint density at radius 2 is 1.00 bits per heavy atom. The largest absolute Gasteiger partial charge is 0.308 e. The topological polar surface area (TPSA) is 4.41 Å². The molecule has 33 heavy (non-hydrogen) atoms. The van der Waals surface area contributed by atoms with Crippen molar-refractivity contribution in [3.8, 4) is 0 Å². The first-order valence-corrected chi connectivity index (χ1v) is 12.4. The molecule has 0 radical (unpaired) electrons. The van der Waals surface area contributed by atoms with Crippen LogP contribution in [0.25, 0.3) is 59.6 Å². The molecule has 1 aliphatic rings. The predicted octanol–water partition coefficient (Wildman–Crippen LogP) is 9.19. The zero-order valence-electron chi connectivity index (χ0n) is 18.6. The molecule has 8 rings (SSSR count). The molecule has 0 aliphatic heterocycles. The Bertz CT molecular complexity index is 1720. The van der Waals surface area contributed by atoms with Crippen molar-refractivity contribution >= 4 is 59.6 Å². The van der Waals surface area contributed by atoms with Crippen molar-refractivity contribution in [2.75, 3.05) is 0 Å². The Kier molecular flexibility index (Phi) is 3.52. The van der Waals surface area contributed by atoms with Crippen LogP contribution in [-0.4, -0.2) is 4.40 Å². The highest BCUT2D eigenvalue weighted by Crippen LogP contribution is 2.44. The van der Waals surface area contributed by atoms with E-state index >= 15 is 0 Å². The Morgan fingerprint density at radius 3 is 1.52 bits per heavy atom. The van der Waals surface area contributed by atoms with Crippen LogP contribution in [0.4, 0.5) is 0 Å². The van der Waals surface area contributed by atoms with Crippen molar-refractivity contribution in [3.63, 3.8) is 0 Å². The van der Waals surface area contributed by atoms with E-state index in [2.05, 4.69) is 89.3 Å². The molecular weight excluding hydrogens is 398 g/mol. The third-order valence-electron chi connectivity index (χ3n) is 8.22. The van der Waals surface area contributed by atoms with Gasteiger partial charge in [-0.05, 0) is 82.3 Å². The summed E-state index contributed by atoms with van der Waals surface area (Å²) >= 11 is 0. The molecule has 1 aliphatic carbocycles. The third kappa shape index (κ3) is 2.43. The fraction of sp³-hybridized carbons (Fsp3) is 0.188. The van der Waals surface area contributed by atoms with Gasteiger partial charge in [0.2, 0.25) is 0 Å². The lowest BCUT2D eigenvalue weighted by atomic mass is 9.83. The first-order valence-electron chi connectivity index (χ1n) is 12.4. The zero-order chi connectivity index (χ0) is 21.5. The standard InChI is InChI=1S/C32H25N/c1-2-8-20(9-3-1)25-16-28-26-14-21-10-4-6-12-23(21)18-30(26)33-31-19-24-13-7-5-11-22(24)15-27(31)29(17-25)32(28)33/h4-7,10-20H,1-3,8-9H2. The monoisotopic (exact) mass is 423 g/mol. The summed E-state index contributed by atoms with van der Waals surface area (Å²) in [5, 5.41) is 10.9. The van der Waals surface area contributed by atoms with E-state index in [9.17, 15) is 0 Å². The first kappa shape index (κ1) is 17.9. The highest BCUT2D eigenvalue weighted by Gasteiger charge is 2.22. The number of nitrogens with zero attached hydrogens (tertiary/aromatic N) is 1. The summed E-state index contributed by atoms with van der Waals surface area (Å²) in [6.45, 7) is 0. The van der Waals surface area contributed by atoms with Crippen LogP contribution >= 0.6 is 0 Å². The number of hydrogen-bond acceptors (Lipinski definition) is 0. The maximum absolute atomic E-state index is 2.54. The summed E-state index contributed by atoms with van der Waals surface area (Å²) < 4.78 is 2.54. The van der Waals surface area contributed by atoms with Gasteiger partial charge in [0.1, 0.15) is 0 Å². The van der Waals surface area contributed by atoms with Crippen LogP contribution in [0.2, 0.25) is 0 Å². The molecule has 1 nitrogen and oxygen atoms in total. The quantitative estimate of drug-likeness (QED) is 0.248. The zero-order valence-corrected chi connectivity index (χ0v) is 18.6. The summed E-state index contributed by atoms with van der Waals surface area (Å²) in [5.74, 6) is 0.697. The summed E-state index contributed by atoms with van der Waals surface area (Å²) in [4.78, 5) is 0. The van der Waals surface area contributed by atoms with E-state index in [-0.39, 0.29) is 0 Å². The third-order valence-corrected chi connectivity index (χ3v) is 8.22. The van der Waals surface area contributed by atoms with Crippen LogP contribution in [0.5, 0.6) is 0 Å². The minimum atomic E-state index is 0.697. The molecule has 1 heteroatoms. The van der Waals surface area contributed by atoms with E-state index in [4.69, 9.17) is 0 Å². The Hall–Kier alpha value is -3.58. The van der Waals surface area contributed by atoms with Crippen molar-refractivity contribution in [1.82, 2.24) is 4.40 Å². The minimum Gasteiger partial charge on any atom is -0.308 e. The van der Waals surface area contributed by atoms with Crippen molar-refractivity contribution in [2.45, 2.75) is 38.0 Å². The van der Waals surface area contributed by atoms with Crippen molar-refractivity contribution in [3.05, 3.63) is 90.5 Å². The highest BCUT2D eigenvalue weighted by molar-refractivity contribution is 6.26. The number of rotatable bonds is 1. The van der Waals surface area contributed by atoms with Gasteiger partial charge in [-0.15, -0.1) is 0 Å². The van der Waals surface area contributed by atoms with E-state index in [0.29, 0.717) is 5.92 Å². The summed E-state index contributed by atoms with van der Waals surface area (Å²) in [6.07, 6.45) is 6.79. The molecule has 0 amide bonds. The maximum Gasteiger partial charge on any atom is 0.0620 e. The molecule has 0 spiro atoms. The summed E-state index contributed by atoms with van der Waals surface area (Å²) in [5.41, 5.74) is 5.61. The highest BCUT2D eigenvalue weighted by atomic mass is 14.9. The second kappa shape index (κ2) is 6.48. The molecule has 158 valence electrons. The summed E-state index contributed by atoms with van der Waals surface area (Å²) in [7, 11) is 0. The Morgan fingerprint density at radius 1 is 0.515 bits per heavy atom. The maximum atomic E-state index is 2.54. The molecule has 7 aromatic rings. The van der Waals surface area contributed by atoms with Crippen LogP contribution in [0.3, 0.4) is 0 Å². The average molecular weight is 424 g/mol. The molecule has 0 atom stereocenters. The van der Waals surface area contributed by atoms with E-state index in [0.717, 1.165) is 0 Å². The second-order valence-corrected chi connectivity index (χ2v) is 10.1. The molecule has 0 N–H and O–H groups in total. The molecule has 2 heterocycles. The van der Waals surface area contributed by atoms with Crippen molar-refractivity contribution in [2.24, 2.45) is 0 Å². The Labute approximate surface area is 192 Å². The van der Waals surface area contributed by atoms with Crippen molar-refractivity contribution < 1.29 is 0 Å². The van der Waals surface area contributed by atoms with E-state index in [1.165, 1.54) is 91.7 Å². The van der Waals surface area contributed by atoms with Crippen LogP contribution in [0.1, 0.15) is 43.6 Å². The molecule has 2 aromatic heterocycles. The lowest BCUT2D eigenvalue weighted by Gasteiger charge is -2.22. The number of hydrogen-bond donors (Lipinski definition) is 0. The minimum absolute atomic E-state index is 0.697. The van der Waals surface area contributed by atoms with Crippen LogP contribution < -0.4 is 0 Å². The van der Waals surface area contributed by atoms with Gasteiger partial charge in [0.05, 0.1) is 16.6 Å². The van der Waals surface area contributed by atoms with E-state index in [1.807, 2.05) is 0 Å². The van der Waals surface area contributed by atoms with Gasteiger partial charge in [0, 0.05) is 21.5 Å². The lowest BCUT2D eigenvalue weighted by molar-refractivity contribution is 0.444. The van der Waals surface area contributed by atoms with Crippen molar-refractivity contribution in [1.29, 1.82) is 0 Å². The fourth-order valence-electron chi connectivity index (χ4n) is 6.61. The fourth-order valence-corrected chi connectivity index (χ4v) is 6.61. The lowest BCUT2D eigenvalue weighted by Crippen LogP contribution is -2.04. The van der Waals surface area contributed by atoms with Gasteiger partial charge in [0.25, 0.3) is 0 Å². The Balaban J connectivity index is 1.60. The van der Waals surface area contributed by atoms with E-state index < -0.39 is 0 Å². The average Bonchev–Trinajstić information content (AvgIpc) is 3.37. The smallest absolute Gasteiger partial charge is 0.0620 e. The van der Waals surface area contributed by atoms with Gasteiger partial charge in [-0.25, -0.2) is 0 Å². The molecule has 0 bridgehead atoms. The van der Waals surface area contributed by atoms with Crippen LogP contribution in [0, 0.1) is 0 Å². The van der Waals surface area contributed by atoms with Crippen LogP contribution in [0.15, 0.2) is 84.9 Å². The number of aromatic nitrogens is 1. The second-order valence-electron chi connectivity index (χ2n) is 10.1.